The molecule has 0 radical (unpaired) electrons. The van der Waals surface area contributed by atoms with E-state index in [0.29, 0.717) is 0 Å². The molecule has 112 valence electrons. The minimum Gasteiger partial charge on any atom is -0.309 e. The summed E-state index contributed by atoms with van der Waals surface area (Å²) < 4.78 is 0. The Morgan fingerprint density at radius 2 is 1.90 bits per heavy atom. The Kier molecular flexibility index (Phi) is 5.79. The molecule has 0 aliphatic heterocycles. The molecule has 20 heavy (non-hydrogen) atoms. The second kappa shape index (κ2) is 6.92. The number of nitrogens with zero attached hydrogens (tertiary/aromatic N) is 1. The van der Waals surface area contributed by atoms with E-state index >= 15 is 0 Å². The van der Waals surface area contributed by atoms with Crippen molar-refractivity contribution in [1.29, 1.82) is 0 Å². The van der Waals surface area contributed by atoms with E-state index in [1.54, 1.807) is 0 Å². The minimum absolute atomic E-state index is 0.201. The molecule has 0 spiro atoms. The quantitative estimate of drug-likeness (QED) is 0.754. The third-order valence-electron chi connectivity index (χ3n) is 3.60. The van der Waals surface area contributed by atoms with Gasteiger partial charge >= 0.3 is 0 Å². The highest BCUT2D eigenvalue weighted by Crippen LogP contribution is 2.27. The Morgan fingerprint density at radius 1 is 1.25 bits per heavy atom. The van der Waals surface area contributed by atoms with E-state index < -0.39 is 0 Å². The second-order valence-corrected chi connectivity index (χ2v) is 6.59. The first-order chi connectivity index (χ1) is 9.31. The van der Waals surface area contributed by atoms with Gasteiger partial charge in [0.25, 0.3) is 0 Å². The molecule has 0 aliphatic rings. The molecule has 1 atom stereocenters. The fourth-order valence-corrected chi connectivity index (χ4v) is 2.41. The zero-order valence-corrected chi connectivity index (χ0v) is 13.9. The number of carbonyl (C=O) groups is 1. The number of amides is 1. The van der Waals surface area contributed by atoms with E-state index in [-0.39, 0.29) is 17.4 Å². The minimum atomic E-state index is -0.357. The smallest absolute Gasteiger partial charge is 0.232 e. The molecule has 0 heterocycles. The van der Waals surface area contributed by atoms with Gasteiger partial charge in [-0.1, -0.05) is 53.2 Å². The molecule has 0 aliphatic carbocycles. The van der Waals surface area contributed by atoms with Gasteiger partial charge < -0.3 is 4.90 Å². The first-order valence-electron chi connectivity index (χ1n) is 7.73. The van der Waals surface area contributed by atoms with Crippen molar-refractivity contribution in [2.45, 2.75) is 66.8 Å². The third-order valence-corrected chi connectivity index (χ3v) is 3.60. The number of anilines is 1. The van der Waals surface area contributed by atoms with Gasteiger partial charge in [0.2, 0.25) is 5.91 Å². The molecular weight excluding hydrogens is 246 g/mol. The Hall–Kier alpha value is -1.31. The van der Waals surface area contributed by atoms with E-state index in [9.17, 15) is 4.79 Å². The van der Waals surface area contributed by atoms with Crippen LogP contribution in [0.2, 0.25) is 0 Å². The summed E-state index contributed by atoms with van der Waals surface area (Å²) >= 11 is 0. The lowest BCUT2D eigenvalue weighted by Crippen LogP contribution is -2.45. The molecule has 2 heteroatoms. The van der Waals surface area contributed by atoms with Crippen LogP contribution in [0.5, 0.6) is 0 Å². The zero-order chi connectivity index (χ0) is 15.3. The molecule has 1 unspecified atom stereocenters. The van der Waals surface area contributed by atoms with Crippen molar-refractivity contribution in [3.63, 3.8) is 0 Å². The summed E-state index contributed by atoms with van der Waals surface area (Å²) in [4.78, 5) is 14.8. The van der Waals surface area contributed by atoms with Gasteiger partial charge in [-0.05, 0) is 37.5 Å². The van der Waals surface area contributed by atoms with Crippen molar-refractivity contribution in [3.8, 4) is 0 Å². The maximum Gasteiger partial charge on any atom is 0.232 e. The summed E-state index contributed by atoms with van der Waals surface area (Å²) in [6.45, 7) is 12.4. The Morgan fingerprint density at radius 3 is 2.40 bits per heavy atom. The van der Waals surface area contributed by atoms with E-state index in [0.717, 1.165) is 24.9 Å². The van der Waals surface area contributed by atoms with Gasteiger partial charge in [-0.2, -0.15) is 0 Å². The number of aryl methyl sites for hydroxylation is 1. The van der Waals surface area contributed by atoms with E-state index in [2.05, 4.69) is 45.0 Å². The van der Waals surface area contributed by atoms with Crippen molar-refractivity contribution in [2.24, 2.45) is 5.41 Å². The molecule has 2 nitrogen and oxygen atoms in total. The maximum absolute atomic E-state index is 12.8. The second-order valence-electron chi connectivity index (χ2n) is 6.59. The number of benzene rings is 1. The van der Waals surface area contributed by atoms with Crippen molar-refractivity contribution < 1.29 is 4.79 Å². The summed E-state index contributed by atoms with van der Waals surface area (Å²) in [7, 11) is 0. The number of hydrogen-bond acceptors (Lipinski definition) is 1. The maximum atomic E-state index is 12.8. The van der Waals surface area contributed by atoms with Crippen LogP contribution in [0, 0.1) is 5.41 Å². The fourth-order valence-electron chi connectivity index (χ4n) is 2.41. The first-order valence-corrected chi connectivity index (χ1v) is 7.73. The highest BCUT2D eigenvalue weighted by molar-refractivity contribution is 5.97. The Balaban J connectivity index is 3.19. The molecule has 0 saturated heterocycles. The van der Waals surface area contributed by atoms with Crippen LogP contribution in [0.1, 0.15) is 59.9 Å². The Bertz CT molecular complexity index is 445. The summed E-state index contributed by atoms with van der Waals surface area (Å²) in [5.41, 5.74) is 1.95. The van der Waals surface area contributed by atoms with Crippen LogP contribution >= 0.6 is 0 Å². The lowest BCUT2D eigenvalue weighted by atomic mass is 9.93. The predicted molar refractivity (Wildman–Crippen MR) is 87.1 cm³/mol. The standard InChI is InChI=1S/C18H29NO/c1-7-10-14(3)19(17(20)18(4,5)6)16-12-9-11-15(8-2)13-16/h9,11-14H,7-8,10H2,1-6H3. The molecule has 1 amide bonds. The average Bonchev–Trinajstić information content (AvgIpc) is 2.38. The molecule has 0 bridgehead atoms. The predicted octanol–water partition coefficient (Wildman–Crippen LogP) is 4.82. The zero-order valence-electron chi connectivity index (χ0n) is 13.9. The molecular formula is C18H29NO. The summed E-state index contributed by atoms with van der Waals surface area (Å²) in [6.07, 6.45) is 3.11. The van der Waals surface area contributed by atoms with Crippen LogP contribution in [-0.4, -0.2) is 11.9 Å². The molecule has 1 aromatic carbocycles. The van der Waals surface area contributed by atoms with Gasteiger partial charge in [0.15, 0.2) is 0 Å². The van der Waals surface area contributed by atoms with Crippen molar-refractivity contribution >= 4 is 11.6 Å². The molecule has 0 fully saturated rings. The number of carbonyl (C=O) groups excluding carboxylic acids is 1. The average molecular weight is 275 g/mol. The molecule has 0 N–H and O–H groups in total. The lowest BCUT2D eigenvalue weighted by Gasteiger charge is -2.34. The van der Waals surface area contributed by atoms with Gasteiger partial charge in [0.05, 0.1) is 0 Å². The number of hydrogen-bond donors (Lipinski definition) is 0. The van der Waals surface area contributed by atoms with Crippen LogP contribution in [0.15, 0.2) is 24.3 Å². The first kappa shape index (κ1) is 16.7. The van der Waals surface area contributed by atoms with E-state index in [4.69, 9.17) is 0 Å². The van der Waals surface area contributed by atoms with Crippen molar-refractivity contribution in [3.05, 3.63) is 29.8 Å². The third kappa shape index (κ3) is 4.09. The van der Waals surface area contributed by atoms with E-state index in [1.165, 1.54) is 5.56 Å². The lowest BCUT2D eigenvalue weighted by molar-refractivity contribution is -0.126. The molecule has 1 aromatic rings. The monoisotopic (exact) mass is 275 g/mol. The van der Waals surface area contributed by atoms with Crippen LogP contribution in [0.4, 0.5) is 5.69 Å². The van der Waals surface area contributed by atoms with Crippen molar-refractivity contribution in [2.75, 3.05) is 4.90 Å². The van der Waals surface area contributed by atoms with Crippen molar-refractivity contribution in [1.82, 2.24) is 0 Å². The van der Waals surface area contributed by atoms with Gasteiger partial charge in [0, 0.05) is 17.1 Å². The topological polar surface area (TPSA) is 20.3 Å². The highest BCUT2D eigenvalue weighted by atomic mass is 16.2. The Labute approximate surface area is 124 Å². The van der Waals surface area contributed by atoms with Gasteiger partial charge in [-0.15, -0.1) is 0 Å². The van der Waals surface area contributed by atoms with E-state index in [1.807, 2.05) is 25.7 Å². The summed E-state index contributed by atoms with van der Waals surface area (Å²) in [6, 6.07) is 8.60. The van der Waals surface area contributed by atoms with Gasteiger partial charge in [-0.25, -0.2) is 0 Å². The van der Waals surface area contributed by atoms with Crippen LogP contribution in [0.25, 0.3) is 0 Å². The summed E-state index contributed by atoms with van der Waals surface area (Å²) in [5.74, 6) is 0.201. The highest BCUT2D eigenvalue weighted by Gasteiger charge is 2.31. The number of rotatable bonds is 5. The molecule has 0 aromatic heterocycles. The normalized spacial score (nSPS) is 13.1. The summed E-state index contributed by atoms with van der Waals surface area (Å²) in [5, 5.41) is 0. The van der Waals surface area contributed by atoms with Crippen LogP contribution in [-0.2, 0) is 11.2 Å². The molecule has 1 rings (SSSR count). The van der Waals surface area contributed by atoms with Crippen LogP contribution < -0.4 is 4.90 Å². The SMILES string of the molecule is CCCC(C)N(C(=O)C(C)(C)C)c1cccc(CC)c1. The molecule has 0 saturated carbocycles. The van der Waals surface area contributed by atoms with Gasteiger partial charge in [0.1, 0.15) is 0 Å². The fraction of sp³-hybridized carbons (Fsp3) is 0.611. The largest absolute Gasteiger partial charge is 0.309 e. The van der Waals surface area contributed by atoms with Crippen LogP contribution in [0.3, 0.4) is 0 Å². The van der Waals surface area contributed by atoms with Gasteiger partial charge in [-0.3, -0.25) is 4.79 Å².